The number of anilines is 1. The predicted octanol–water partition coefficient (Wildman–Crippen LogP) is 4.45. The number of hydrogen-bond acceptors (Lipinski definition) is 4. The van der Waals surface area contributed by atoms with Crippen molar-refractivity contribution >= 4 is 27.5 Å². The van der Waals surface area contributed by atoms with Gasteiger partial charge in [-0.3, -0.25) is 4.79 Å². The third-order valence-corrected chi connectivity index (χ3v) is 5.36. The topological polar surface area (TPSA) is 69.0 Å². The number of para-hydroxylation sites is 1. The van der Waals surface area contributed by atoms with Crippen LogP contribution in [-0.4, -0.2) is 27.3 Å². The second-order valence-corrected chi connectivity index (χ2v) is 7.60. The van der Waals surface area contributed by atoms with E-state index < -0.39 is 0 Å². The fourth-order valence-corrected chi connectivity index (χ4v) is 3.74. The van der Waals surface area contributed by atoms with Gasteiger partial charge in [0.25, 0.3) is 5.91 Å². The normalized spacial score (nSPS) is 13.5. The van der Waals surface area contributed by atoms with Crippen LogP contribution in [0.25, 0.3) is 11.4 Å². The molecule has 0 unspecified atom stereocenters. The molecule has 0 fully saturated rings. The number of carbonyl (C=O) groups is 1. The number of aryl methyl sites for hydroxylation is 1. The quantitative estimate of drug-likeness (QED) is 0.635. The number of amides is 1. The zero-order valence-corrected chi connectivity index (χ0v) is 17.0. The first-order valence-corrected chi connectivity index (χ1v) is 10.2. The van der Waals surface area contributed by atoms with Gasteiger partial charge in [-0.05, 0) is 53.0 Å². The Balaban J connectivity index is 1.45. The van der Waals surface area contributed by atoms with Crippen molar-refractivity contribution in [2.45, 2.75) is 32.2 Å². The minimum absolute atomic E-state index is 0.0623. The summed E-state index contributed by atoms with van der Waals surface area (Å²) >= 11 is 3.41. The number of benzene rings is 2. The first-order valence-electron chi connectivity index (χ1n) is 9.40. The molecule has 4 rings (SSSR count). The summed E-state index contributed by atoms with van der Waals surface area (Å²) in [4.78, 5) is 12.3. The summed E-state index contributed by atoms with van der Waals surface area (Å²) in [5.74, 6) is 2.33. The van der Waals surface area contributed by atoms with Gasteiger partial charge in [0.05, 0.1) is 4.47 Å². The highest BCUT2D eigenvalue weighted by atomic mass is 79.9. The molecule has 0 spiro atoms. The van der Waals surface area contributed by atoms with Gasteiger partial charge in [-0.25, -0.2) is 0 Å². The van der Waals surface area contributed by atoms with Crippen LogP contribution in [-0.2, 0) is 17.8 Å². The van der Waals surface area contributed by atoms with Gasteiger partial charge in [0, 0.05) is 24.2 Å². The number of halogens is 1. The molecule has 0 saturated carbocycles. The van der Waals surface area contributed by atoms with E-state index in [1.54, 1.807) is 0 Å². The van der Waals surface area contributed by atoms with Gasteiger partial charge in [-0.15, -0.1) is 10.2 Å². The van der Waals surface area contributed by atoms with E-state index >= 15 is 0 Å². The van der Waals surface area contributed by atoms with E-state index in [1.807, 2.05) is 48.5 Å². The van der Waals surface area contributed by atoms with Gasteiger partial charge in [0.1, 0.15) is 11.6 Å². The van der Waals surface area contributed by atoms with Crippen LogP contribution in [0.15, 0.2) is 53.0 Å². The fraction of sp³-hybridized carbons (Fsp3) is 0.286. The Bertz CT molecular complexity index is 986. The largest absolute Gasteiger partial charge is 0.483 e. The molecular weight excluding hydrogens is 420 g/mol. The highest BCUT2D eigenvalue weighted by molar-refractivity contribution is 9.10. The Morgan fingerprint density at radius 3 is 2.89 bits per heavy atom. The Morgan fingerprint density at radius 2 is 2.00 bits per heavy atom. The van der Waals surface area contributed by atoms with Crippen molar-refractivity contribution in [1.29, 1.82) is 0 Å². The average molecular weight is 441 g/mol. The number of ether oxygens (including phenoxy) is 1. The van der Waals surface area contributed by atoms with E-state index in [1.165, 1.54) is 6.42 Å². The van der Waals surface area contributed by atoms with E-state index in [2.05, 4.69) is 36.0 Å². The first kappa shape index (κ1) is 18.7. The summed E-state index contributed by atoms with van der Waals surface area (Å²) in [5, 5.41) is 11.6. The van der Waals surface area contributed by atoms with Crippen molar-refractivity contribution in [3.05, 3.63) is 58.8 Å². The summed E-state index contributed by atoms with van der Waals surface area (Å²) in [6.07, 6.45) is 4.48. The molecule has 1 amide bonds. The smallest absolute Gasteiger partial charge is 0.262 e. The predicted molar refractivity (Wildman–Crippen MR) is 111 cm³/mol. The molecule has 6 nitrogen and oxygen atoms in total. The lowest BCUT2D eigenvalue weighted by Gasteiger charge is -2.10. The maximum atomic E-state index is 12.3. The molecular formula is C21H21BrN4O2. The van der Waals surface area contributed by atoms with E-state index in [-0.39, 0.29) is 12.5 Å². The SMILES string of the molecule is O=C(COc1ccccc1Br)Nc1cccc(-c2nnc3n2CCCCC3)c1. The lowest BCUT2D eigenvalue weighted by molar-refractivity contribution is -0.118. The standard InChI is InChI=1S/C21H21BrN4O2/c22-17-9-3-4-10-18(17)28-14-20(27)23-16-8-6-7-15(13-16)21-25-24-19-11-2-1-5-12-26(19)21/h3-4,6-10,13H,1-2,5,11-12,14H2,(H,23,27). The highest BCUT2D eigenvalue weighted by Gasteiger charge is 2.16. The number of fused-ring (bicyclic) bond motifs is 1. The molecule has 1 aromatic heterocycles. The Hall–Kier alpha value is -2.67. The van der Waals surface area contributed by atoms with Crippen molar-refractivity contribution in [1.82, 2.24) is 14.8 Å². The van der Waals surface area contributed by atoms with Gasteiger partial charge < -0.3 is 14.6 Å². The van der Waals surface area contributed by atoms with E-state index in [0.717, 1.165) is 47.5 Å². The Morgan fingerprint density at radius 1 is 1.11 bits per heavy atom. The maximum Gasteiger partial charge on any atom is 0.262 e. The van der Waals surface area contributed by atoms with Crippen molar-refractivity contribution in [2.75, 3.05) is 11.9 Å². The Labute approximate surface area is 172 Å². The molecule has 2 heterocycles. The van der Waals surface area contributed by atoms with E-state index in [4.69, 9.17) is 4.74 Å². The molecule has 1 N–H and O–H groups in total. The summed E-state index contributed by atoms with van der Waals surface area (Å²) in [5.41, 5.74) is 1.66. The number of aromatic nitrogens is 3. The van der Waals surface area contributed by atoms with Gasteiger partial charge >= 0.3 is 0 Å². The summed E-state index contributed by atoms with van der Waals surface area (Å²) < 4.78 is 8.59. The van der Waals surface area contributed by atoms with E-state index in [9.17, 15) is 4.79 Å². The molecule has 28 heavy (non-hydrogen) atoms. The van der Waals surface area contributed by atoms with Crippen molar-refractivity contribution in [2.24, 2.45) is 0 Å². The van der Waals surface area contributed by atoms with Gasteiger partial charge in [0.2, 0.25) is 0 Å². The summed E-state index contributed by atoms with van der Waals surface area (Å²) in [6, 6.07) is 15.1. The lowest BCUT2D eigenvalue weighted by Crippen LogP contribution is -2.20. The zero-order valence-electron chi connectivity index (χ0n) is 15.4. The molecule has 144 valence electrons. The summed E-state index contributed by atoms with van der Waals surface area (Å²) in [7, 11) is 0. The zero-order chi connectivity index (χ0) is 19.3. The monoisotopic (exact) mass is 440 g/mol. The molecule has 1 aliphatic rings. The van der Waals surface area contributed by atoms with Crippen molar-refractivity contribution < 1.29 is 9.53 Å². The highest BCUT2D eigenvalue weighted by Crippen LogP contribution is 2.25. The van der Waals surface area contributed by atoms with Crippen LogP contribution in [0.2, 0.25) is 0 Å². The number of hydrogen-bond donors (Lipinski definition) is 1. The van der Waals surface area contributed by atoms with Crippen LogP contribution in [0.3, 0.4) is 0 Å². The van der Waals surface area contributed by atoms with Crippen LogP contribution in [0, 0.1) is 0 Å². The van der Waals surface area contributed by atoms with E-state index in [0.29, 0.717) is 11.4 Å². The van der Waals surface area contributed by atoms with Crippen LogP contribution < -0.4 is 10.1 Å². The lowest BCUT2D eigenvalue weighted by atomic mass is 10.2. The number of carbonyl (C=O) groups excluding carboxylic acids is 1. The third-order valence-electron chi connectivity index (χ3n) is 4.71. The second-order valence-electron chi connectivity index (χ2n) is 6.75. The minimum Gasteiger partial charge on any atom is -0.483 e. The molecule has 0 radical (unpaired) electrons. The molecule has 0 saturated heterocycles. The van der Waals surface area contributed by atoms with Gasteiger partial charge in [0.15, 0.2) is 12.4 Å². The first-order chi connectivity index (χ1) is 13.7. The summed E-state index contributed by atoms with van der Waals surface area (Å²) in [6.45, 7) is 0.876. The maximum absolute atomic E-state index is 12.3. The molecule has 0 atom stereocenters. The number of rotatable bonds is 5. The molecule has 0 bridgehead atoms. The van der Waals surface area contributed by atoms with Gasteiger partial charge in [-0.1, -0.05) is 30.7 Å². The number of nitrogens with zero attached hydrogens (tertiary/aromatic N) is 3. The molecule has 7 heteroatoms. The molecule has 2 aromatic carbocycles. The average Bonchev–Trinajstić information content (AvgIpc) is 2.96. The Kier molecular flexibility index (Phi) is 5.71. The second kappa shape index (κ2) is 8.56. The van der Waals surface area contributed by atoms with Crippen LogP contribution in [0.5, 0.6) is 5.75 Å². The molecule has 0 aliphatic carbocycles. The fourth-order valence-electron chi connectivity index (χ4n) is 3.34. The van der Waals surface area contributed by atoms with Gasteiger partial charge in [-0.2, -0.15) is 0 Å². The minimum atomic E-state index is -0.215. The van der Waals surface area contributed by atoms with Crippen molar-refractivity contribution in [3.63, 3.8) is 0 Å². The van der Waals surface area contributed by atoms with Crippen LogP contribution in [0.4, 0.5) is 5.69 Å². The van der Waals surface area contributed by atoms with Crippen LogP contribution in [0.1, 0.15) is 25.1 Å². The van der Waals surface area contributed by atoms with Crippen molar-refractivity contribution in [3.8, 4) is 17.1 Å². The molecule has 1 aliphatic heterocycles. The molecule has 3 aromatic rings. The third kappa shape index (κ3) is 4.25. The van der Waals surface area contributed by atoms with Crippen LogP contribution >= 0.6 is 15.9 Å². The number of nitrogens with one attached hydrogen (secondary N) is 1.